The lowest BCUT2D eigenvalue weighted by Gasteiger charge is -1.99. The van der Waals surface area contributed by atoms with Gasteiger partial charge in [0.2, 0.25) is 0 Å². The Balaban J connectivity index is 2.96. The van der Waals surface area contributed by atoms with E-state index in [0.717, 1.165) is 23.2 Å². The number of fused-ring (bicyclic) bond motifs is 1. The van der Waals surface area contributed by atoms with Gasteiger partial charge in [-0.2, -0.15) is 0 Å². The summed E-state index contributed by atoms with van der Waals surface area (Å²) in [5.41, 5.74) is 2.92. The maximum atomic E-state index is 10.7. The molecule has 66 valence electrons. The summed E-state index contributed by atoms with van der Waals surface area (Å²) in [7, 11) is 0. The number of hydrogen-bond donors (Lipinski definition) is 0. The van der Waals surface area contributed by atoms with E-state index in [2.05, 4.69) is 4.98 Å². The zero-order chi connectivity index (χ0) is 9.42. The first kappa shape index (κ1) is 7.98. The van der Waals surface area contributed by atoms with Gasteiger partial charge in [-0.3, -0.25) is 9.20 Å². The Morgan fingerprint density at radius 2 is 2.15 bits per heavy atom. The second-order valence-electron chi connectivity index (χ2n) is 3.06. The third-order valence-corrected chi connectivity index (χ3v) is 2.17. The van der Waals surface area contributed by atoms with Gasteiger partial charge in [-0.25, -0.2) is 4.98 Å². The van der Waals surface area contributed by atoms with Gasteiger partial charge >= 0.3 is 0 Å². The van der Waals surface area contributed by atoms with Gasteiger partial charge in [-0.15, -0.1) is 0 Å². The van der Waals surface area contributed by atoms with Crippen molar-refractivity contribution in [2.24, 2.45) is 0 Å². The summed E-state index contributed by atoms with van der Waals surface area (Å²) in [5.74, 6) is 0.477. The maximum absolute atomic E-state index is 10.7. The second-order valence-corrected chi connectivity index (χ2v) is 3.06. The Hall–Kier alpha value is -1.64. The minimum atomic E-state index is 0.477. The summed E-state index contributed by atoms with van der Waals surface area (Å²) in [6.45, 7) is 3.86. The van der Waals surface area contributed by atoms with Gasteiger partial charge in [0.05, 0.1) is 11.2 Å². The van der Waals surface area contributed by atoms with Crippen molar-refractivity contribution >= 4 is 11.8 Å². The molecule has 0 aromatic carbocycles. The van der Waals surface area contributed by atoms with Crippen molar-refractivity contribution in [1.82, 2.24) is 9.38 Å². The van der Waals surface area contributed by atoms with Crippen LogP contribution in [0, 0.1) is 13.8 Å². The van der Waals surface area contributed by atoms with Gasteiger partial charge in [-0.1, -0.05) is 6.07 Å². The first-order valence-electron chi connectivity index (χ1n) is 4.14. The Kier molecular flexibility index (Phi) is 1.65. The number of pyridine rings is 1. The van der Waals surface area contributed by atoms with Crippen LogP contribution in [0.1, 0.15) is 22.0 Å². The lowest BCUT2D eigenvalue weighted by Crippen LogP contribution is -1.95. The molecule has 0 atom stereocenters. The standard InChI is InChI=1S/C10H10N2O/c1-7-4-3-5-9-8(2)11-10(6-13)12(7)9/h3-6H,1-2H3. The molecule has 0 aliphatic heterocycles. The monoisotopic (exact) mass is 174 g/mol. The summed E-state index contributed by atoms with van der Waals surface area (Å²) in [6, 6.07) is 5.89. The van der Waals surface area contributed by atoms with Crippen LogP contribution in [0.3, 0.4) is 0 Å². The fraction of sp³-hybridized carbons (Fsp3) is 0.200. The lowest BCUT2D eigenvalue weighted by molar-refractivity contribution is 0.111. The van der Waals surface area contributed by atoms with Gasteiger partial charge in [0.15, 0.2) is 12.1 Å². The summed E-state index contributed by atoms with van der Waals surface area (Å²) < 4.78 is 1.86. The molecule has 3 heteroatoms. The van der Waals surface area contributed by atoms with Gasteiger partial charge in [0, 0.05) is 5.69 Å². The number of aromatic nitrogens is 2. The average Bonchev–Trinajstić information content (AvgIpc) is 2.45. The van der Waals surface area contributed by atoms with Gasteiger partial charge in [0.25, 0.3) is 0 Å². The molecular formula is C10H10N2O. The first-order chi connectivity index (χ1) is 6.24. The minimum absolute atomic E-state index is 0.477. The molecule has 3 nitrogen and oxygen atoms in total. The molecule has 0 amide bonds. The molecule has 2 rings (SSSR count). The van der Waals surface area contributed by atoms with Crippen molar-refractivity contribution in [1.29, 1.82) is 0 Å². The zero-order valence-corrected chi connectivity index (χ0v) is 7.61. The van der Waals surface area contributed by atoms with Crippen LogP contribution in [0.25, 0.3) is 5.52 Å². The van der Waals surface area contributed by atoms with Crippen LogP contribution in [-0.4, -0.2) is 15.7 Å². The number of hydrogen-bond acceptors (Lipinski definition) is 2. The number of carbonyl (C=O) groups excluding carboxylic acids is 1. The topological polar surface area (TPSA) is 34.4 Å². The average molecular weight is 174 g/mol. The molecule has 0 spiro atoms. The van der Waals surface area contributed by atoms with Crippen LogP contribution in [0.5, 0.6) is 0 Å². The maximum Gasteiger partial charge on any atom is 0.185 e. The molecule has 0 unspecified atom stereocenters. The smallest absolute Gasteiger partial charge is 0.185 e. The molecule has 0 radical (unpaired) electrons. The third-order valence-electron chi connectivity index (χ3n) is 2.17. The Labute approximate surface area is 76.0 Å². The fourth-order valence-electron chi connectivity index (χ4n) is 1.56. The van der Waals surface area contributed by atoms with Crippen LogP contribution in [0.15, 0.2) is 18.2 Å². The second kappa shape index (κ2) is 2.69. The highest BCUT2D eigenvalue weighted by molar-refractivity contribution is 5.73. The van der Waals surface area contributed by atoms with Crippen molar-refractivity contribution in [3.63, 3.8) is 0 Å². The molecule has 0 aliphatic rings. The number of carbonyl (C=O) groups is 1. The molecule has 0 saturated carbocycles. The SMILES string of the molecule is Cc1nc(C=O)n2c(C)cccc12. The molecule has 0 bridgehead atoms. The third kappa shape index (κ3) is 1.04. The molecule has 0 aliphatic carbocycles. The van der Waals surface area contributed by atoms with E-state index in [1.165, 1.54) is 0 Å². The van der Waals surface area contributed by atoms with Gasteiger partial charge in [0.1, 0.15) is 0 Å². The first-order valence-corrected chi connectivity index (χ1v) is 4.14. The number of imidazole rings is 1. The van der Waals surface area contributed by atoms with Crippen LogP contribution in [0.2, 0.25) is 0 Å². The van der Waals surface area contributed by atoms with E-state index in [1.807, 2.05) is 36.4 Å². The van der Waals surface area contributed by atoms with E-state index in [4.69, 9.17) is 0 Å². The summed E-state index contributed by atoms with van der Waals surface area (Å²) >= 11 is 0. The van der Waals surface area contributed by atoms with E-state index in [1.54, 1.807) is 0 Å². The number of aryl methyl sites for hydroxylation is 2. The minimum Gasteiger partial charge on any atom is -0.295 e. The molecule has 2 aromatic heterocycles. The summed E-state index contributed by atoms with van der Waals surface area (Å²) in [6.07, 6.45) is 0.785. The predicted molar refractivity (Wildman–Crippen MR) is 50.1 cm³/mol. The zero-order valence-electron chi connectivity index (χ0n) is 7.61. The quantitative estimate of drug-likeness (QED) is 0.617. The van der Waals surface area contributed by atoms with E-state index < -0.39 is 0 Å². The van der Waals surface area contributed by atoms with E-state index in [9.17, 15) is 4.79 Å². The summed E-state index contributed by atoms with van der Waals surface area (Å²) in [4.78, 5) is 14.9. The fourth-order valence-corrected chi connectivity index (χ4v) is 1.56. The summed E-state index contributed by atoms with van der Waals surface area (Å²) in [5, 5.41) is 0. The van der Waals surface area contributed by atoms with Crippen molar-refractivity contribution in [3.05, 3.63) is 35.4 Å². The van der Waals surface area contributed by atoms with Crippen molar-refractivity contribution < 1.29 is 4.79 Å². The molecule has 2 aromatic rings. The van der Waals surface area contributed by atoms with Crippen LogP contribution in [0.4, 0.5) is 0 Å². The van der Waals surface area contributed by atoms with Crippen molar-refractivity contribution in [2.75, 3.05) is 0 Å². The predicted octanol–water partition coefficient (Wildman–Crippen LogP) is 1.76. The van der Waals surface area contributed by atoms with Crippen molar-refractivity contribution in [3.8, 4) is 0 Å². The molecule has 0 N–H and O–H groups in total. The van der Waals surface area contributed by atoms with Crippen LogP contribution in [-0.2, 0) is 0 Å². The largest absolute Gasteiger partial charge is 0.295 e. The highest BCUT2D eigenvalue weighted by atomic mass is 16.1. The molecule has 2 heterocycles. The molecule has 0 saturated heterocycles. The van der Waals surface area contributed by atoms with Crippen LogP contribution >= 0.6 is 0 Å². The molecular weight excluding hydrogens is 164 g/mol. The van der Waals surface area contributed by atoms with Crippen LogP contribution < -0.4 is 0 Å². The highest BCUT2D eigenvalue weighted by Crippen LogP contribution is 2.13. The van der Waals surface area contributed by atoms with E-state index in [-0.39, 0.29) is 0 Å². The number of aldehydes is 1. The number of rotatable bonds is 1. The normalized spacial score (nSPS) is 10.6. The van der Waals surface area contributed by atoms with E-state index in [0.29, 0.717) is 5.82 Å². The molecule has 13 heavy (non-hydrogen) atoms. The number of nitrogens with zero attached hydrogens (tertiary/aromatic N) is 2. The Morgan fingerprint density at radius 3 is 2.85 bits per heavy atom. The highest BCUT2D eigenvalue weighted by Gasteiger charge is 2.07. The Bertz CT molecular complexity index is 471. The van der Waals surface area contributed by atoms with E-state index >= 15 is 0 Å². The lowest BCUT2D eigenvalue weighted by atomic mass is 10.3. The molecule has 0 fully saturated rings. The Morgan fingerprint density at radius 1 is 1.38 bits per heavy atom. The van der Waals surface area contributed by atoms with Gasteiger partial charge < -0.3 is 0 Å². The van der Waals surface area contributed by atoms with Crippen molar-refractivity contribution in [2.45, 2.75) is 13.8 Å². The van der Waals surface area contributed by atoms with Gasteiger partial charge in [-0.05, 0) is 26.0 Å².